The Labute approximate surface area is 200 Å². The van der Waals surface area contributed by atoms with Crippen molar-refractivity contribution in [2.24, 2.45) is 46.8 Å². The Balaban J connectivity index is 0.00000259. The van der Waals surface area contributed by atoms with Gasteiger partial charge in [-0.15, -0.1) is 0 Å². The maximum absolute atomic E-state index is 11.1. The molecule has 1 saturated heterocycles. The van der Waals surface area contributed by atoms with Crippen molar-refractivity contribution in [3.8, 4) is 0 Å². The van der Waals surface area contributed by atoms with Gasteiger partial charge in [0.2, 0.25) is 0 Å². The Morgan fingerprint density at radius 3 is 2.42 bits per heavy atom. The molecule has 1 heterocycles. The molecule has 4 fully saturated rings. The molecule has 5 aliphatic rings. The van der Waals surface area contributed by atoms with Gasteiger partial charge in [-0.05, 0) is 112 Å². The highest BCUT2D eigenvalue weighted by Crippen LogP contribution is 2.65. The molecule has 190 valence electrons. The van der Waals surface area contributed by atoms with Crippen LogP contribution >= 0.6 is 0 Å². The van der Waals surface area contributed by atoms with Gasteiger partial charge in [-0.25, -0.2) is 0 Å². The Morgan fingerprint density at radius 2 is 1.73 bits per heavy atom. The summed E-state index contributed by atoms with van der Waals surface area (Å²) >= 11 is 0. The summed E-state index contributed by atoms with van der Waals surface area (Å²) in [6, 6.07) is 0.260. The highest BCUT2D eigenvalue weighted by molar-refractivity contribution is 5.30. The standard InChI is InChI=1S/C28H47NO3.H2O/c1-15-10-26(32)27(29(5)14-15)17(3)19-6-7-20-21(16(19)2)12-23-22(20)13-25(31)24-11-18(30)8-9-28(23,24)4;/h15,17-20,22-27,30-32H,6-14H2,1-5H3;1H2/t15-,17-,18+,19+,20-,22+,23+,24-,25-,26-,27-,28-;/m1./s1. The zero-order chi connectivity index (χ0) is 22.9. The topological polar surface area (TPSA) is 95.4 Å². The van der Waals surface area contributed by atoms with Crippen molar-refractivity contribution in [2.75, 3.05) is 13.6 Å². The second kappa shape index (κ2) is 9.20. The molecule has 0 aromatic heterocycles. The minimum atomic E-state index is -0.250. The summed E-state index contributed by atoms with van der Waals surface area (Å²) in [6.45, 7) is 10.6. The van der Waals surface area contributed by atoms with E-state index in [9.17, 15) is 15.3 Å². The van der Waals surface area contributed by atoms with E-state index in [0.29, 0.717) is 35.5 Å². The van der Waals surface area contributed by atoms with Crippen molar-refractivity contribution in [3.05, 3.63) is 11.1 Å². The fourth-order valence-corrected chi connectivity index (χ4v) is 9.81. The van der Waals surface area contributed by atoms with E-state index < -0.39 is 0 Å². The van der Waals surface area contributed by atoms with Crippen molar-refractivity contribution >= 4 is 0 Å². The molecule has 5 N–H and O–H groups in total. The van der Waals surface area contributed by atoms with Crippen LogP contribution in [0.15, 0.2) is 11.1 Å². The Hall–Kier alpha value is -0.460. The highest BCUT2D eigenvalue weighted by atomic mass is 16.3. The number of likely N-dealkylation sites (N-methyl/N-ethyl adjacent to an activating group) is 1. The largest absolute Gasteiger partial charge is 0.412 e. The SMILES string of the molecule is CC1=C2C[C@H]3[C@@H](C[C@@H](O)[C@H]4C[C@@H](O)CC[C@@]43C)[C@@H]2CC[C@@H]1[C@@H](C)[C@@H]1[C@H](O)C[C@@H](C)CN1C.O. The van der Waals surface area contributed by atoms with Crippen LogP contribution in [-0.2, 0) is 0 Å². The fraction of sp³-hybridized carbons (Fsp3) is 0.929. The fourth-order valence-electron chi connectivity index (χ4n) is 9.81. The van der Waals surface area contributed by atoms with Crippen LogP contribution in [-0.4, -0.2) is 63.6 Å². The van der Waals surface area contributed by atoms with Crippen LogP contribution in [0.3, 0.4) is 0 Å². The third kappa shape index (κ3) is 4.04. The number of rotatable bonds is 2. The molecule has 1 aliphatic heterocycles. The summed E-state index contributed by atoms with van der Waals surface area (Å²) in [4.78, 5) is 2.43. The number of allylic oxidation sites excluding steroid dienone is 2. The maximum atomic E-state index is 11.1. The molecule has 0 bridgehead atoms. The third-order valence-electron chi connectivity index (χ3n) is 11.3. The van der Waals surface area contributed by atoms with Crippen molar-refractivity contribution in [1.29, 1.82) is 0 Å². The van der Waals surface area contributed by atoms with Gasteiger partial charge >= 0.3 is 0 Å². The molecule has 5 nitrogen and oxygen atoms in total. The van der Waals surface area contributed by atoms with E-state index >= 15 is 0 Å². The number of hydrogen-bond donors (Lipinski definition) is 3. The Kier molecular flexibility index (Phi) is 7.15. The van der Waals surface area contributed by atoms with Gasteiger partial charge in [0.05, 0.1) is 18.3 Å². The summed E-state index contributed by atoms with van der Waals surface area (Å²) in [5.74, 6) is 3.80. The van der Waals surface area contributed by atoms with E-state index in [1.165, 1.54) is 19.3 Å². The van der Waals surface area contributed by atoms with Crippen LogP contribution in [0.4, 0.5) is 0 Å². The number of nitrogens with zero attached hydrogens (tertiary/aromatic N) is 1. The molecular formula is C28H49NO4. The summed E-state index contributed by atoms with van der Waals surface area (Å²) < 4.78 is 0. The summed E-state index contributed by atoms with van der Waals surface area (Å²) in [6.07, 6.45) is 7.60. The monoisotopic (exact) mass is 463 g/mol. The average molecular weight is 464 g/mol. The van der Waals surface area contributed by atoms with Crippen LogP contribution in [0.5, 0.6) is 0 Å². The highest BCUT2D eigenvalue weighted by Gasteiger charge is 2.59. The van der Waals surface area contributed by atoms with E-state index in [4.69, 9.17) is 0 Å². The quantitative estimate of drug-likeness (QED) is 0.547. The number of likely N-dealkylation sites (tertiary alicyclic amines) is 1. The van der Waals surface area contributed by atoms with Gasteiger partial charge in [-0.1, -0.05) is 31.9 Å². The molecule has 0 aromatic carbocycles. The molecule has 0 radical (unpaired) electrons. The Bertz CT molecular complexity index is 742. The third-order valence-corrected chi connectivity index (χ3v) is 11.3. The van der Waals surface area contributed by atoms with Crippen LogP contribution in [0.25, 0.3) is 0 Å². The van der Waals surface area contributed by atoms with Gasteiger partial charge in [0.25, 0.3) is 0 Å². The molecule has 3 saturated carbocycles. The van der Waals surface area contributed by atoms with Gasteiger partial charge in [0, 0.05) is 12.6 Å². The number of aliphatic hydroxyl groups excluding tert-OH is 3. The molecule has 4 aliphatic carbocycles. The molecule has 12 atom stereocenters. The molecule has 0 unspecified atom stereocenters. The normalized spacial score (nSPS) is 51.3. The van der Waals surface area contributed by atoms with Gasteiger partial charge < -0.3 is 25.7 Å². The van der Waals surface area contributed by atoms with Crippen molar-refractivity contribution in [1.82, 2.24) is 4.90 Å². The van der Waals surface area contributed by atoms with E-state index in [1.54, 1.807) is 11.1 Å². The first kappa shape index (κ1) is 25.6. The molecule has 5 rings (SSSR count). The molecular weight excluding hydrogens is 414 g/mol. The summed E-state index contributed by atoms with van der Waals surface area (Å²) in [5.41, 5.74) is 3.50. The van der Waals surface area contributed by atoms with E-state index in [0.717, 1.165) is 38.6 Å². The summed E-state index contributed by atoms with van der Waals surface area (Å²) in [7, 11) is 2.21. The van der Waals surface area contributed by atoms with Crippen LogP contribution in [0, 0.1) is 46.8 Å². The zero-order valence-corrected chi connectivity index (χ0v) is 21.5. The Morgan fingerprint density at radius 1 is 1.00 bits per heavy atom. The van der Waals surface area contributed by atoms with E-state index in [-0.39, 0.29) is 41.2 Å². The molecule has 0 amide bonds. The molecule has 0 spiro atoms. The van der Waals surface area contributed by atoms with Crippen LogP contribution in [0.1, 0.15) is 79.1 Å². The second-order valence-electron chi connectivity index (χ2n) is 13.0. The van der Waals surface area contributed by atoms with E-state index in [1.807, 2.05) is 0 Å². The first-order valence-electron chi connectivity index (χ1n) is 13.6. The number of hydrogen-bond acceptors (Lipinski definition) is 4. The number of aliphatic hydroxyl groups is 3. The van der Waals surface area contributed by atoms with E-state index in [2.05, 4.69) is 39.6 Å². The van der Waals surface area contributed by atoms with Gasteiger partial charge in [-0.3, -0.25) is 0 Å². The summed E-state index contributed by atoms with van der Waals surface area (Å²) in [5, 5.41) is 32.4. The van der Waals surface area contributed by atoms with Crippen LogP contribution < -0.4 is 0 Å². The zero-order valence-electron chi connectivity index (χ0n) is 21.5. The first-order valence-corrected chi connectivity index (χ1v) is 13.6. The van der Waals surface area contributed by atoms with Gasteiger partial charge in [-0.2, -0.15) is 0 Å². The number of piperidine rings is 1. The van der Waals surface area contributed by atoms with Crippen molar-refractivity contribution in [2.45, 2.75) is 103 Å². The lowest BCUT2D eigenvalue weighted by Crippen LogP contribution is -2.54. The average Bonchev–Trinajstić information content (AvgIpc) is 3.09. The predicted octanol–water partition coefficient (Wildman–Crippen LogP) is 3.41. The number of fused-ring (bicyclic) bond motifs is 5. The maximum Gasteiger partial charge on any atom is 0.0701 e. The van der Waals surface area contributed by atoms with Crippen molar-refractivity contribution in [3.63, 3.8) is 0 Å². The lowest BCUT2D eigenvalue weighted by atomic mass is 9.51. The van der Waals surface area contributed by atoms with Crippen molar-refractivity contribution < 1.29 is 20.8 Å². The van der Waals surface area contributed by atoms with Gasteiger partial charge in [0.15, 0.2) is 0 Å². The van der Waals surface area contributed by atoms with Gasteiger partial charge in [0.1, 0.15) is 0 Å². The lowest BCUT2D eigenvalue weighted by Gasteiger charge is -2.55. The first-order chi connectivity index (χ1) is 15.1. The molecule has 33 heavy (non-hydrogen) atoms. The smallest absolute Gasteiger partial charge is 0.0701 e. The molecule has 5 heteroatoms. The van der Waals surface area contributed by atoms with Crippen LogP contribution in [0.2, 0.25) is 0 Å². The predicted molar refractivity (Wildman–Crippen MR) is 132 cm³/mol. The molecule has 0 aromatic rings. The minimum Gasteiger partial charge on any atom is -0.412 e. The second-order valence-corrected chi connectivity index (χ2v) is 13.0. The minimum absolute atomic E-state index is 0. The lowest BCUT2D eigenvalue weighted by molar-refractivity contribution is -0.129.